The molecule has 1 N–H and O–H groups in total. The van der Waals surface area contributed by atoms with Gasteiger partial charge in [0.05, 0.1) is 7.11 Å². The molecule has 0 heterocycles. The van der Waals surface area contributed by atoms with Crippen molar-refractivity contribution in [1.82, 2.24) is 5.32 Å². The molecule has 0 unspecified atom stereocenters. The van der Waals surface area contributed by atoms with Gasteiger partial charge in [0.25, 0.3) is 0 Å². The summed E-state index contributed by atoms with van der Waals surface area (Å²) in [5, 5.41) is 2.43. The van der Waals surface area contributed by atoms with Crippen molar-refractivity contribution in [1.29, 1.82) is 0 Å². The molecule has 0 aromatic rings. The van der Waals surface area contributed by atoms with Crippen molar-refractivity contribution >= 4 is 12.1 Å². The molecule has 0 aromatic heterocycles. The Morgan fingerprint density at radius 2 is 1.89 bits per heavy atom. The molecule has 0 aliphatic heterocycles. The highest BCUT2D eigenvalue weighted by Crippen LogP contribution is 2.12. The Hall–Kier alpha value is -2.03. The van der Waals surface area contributed by atoms with Crippen molar-refractivity contribution in [2.75, 3.05) is 13.7 Å². The highest BCUT2D eigenvalue weighted by atomic mass is 16.6. The van der Waals surface area contributed by atoms with Crippen LogP contribution in [0.15, 0.2) is 12.2 Å². The van der Waals surface area contributed by atoms with Crippen LogP contribution in [-0.4, -0.2) is 36.9 Å². The Morgan fingerprint density at radius 3 is 2.32 bits per heavy atom. The largest absolute Gasteiger partial charge is 0.467 e. The van der Waals surface area contributed by atoms with Crippen molar-refractivity contribution < 1.29 is 19.1 Å². The zero-order chi connectivity index (χ0) is 15.1. The first kappa shape index (κ1) is 17.0. The fourth-order valence-electron chi connectivity index (χ4n) is 1.23. The van der Waals surface area contributed by atoms with Gasteiger partial charge < -0.3 is 19.6 Å². The molecule has 0 saturated carbocycles. The van der Waals surface area contributed by atoms with Crippen LogP contribution < -0.4 is 5.32 Å². The van der Waals surface area contributed by atoms with E-state index in [0.29, 0.717) is 0 Å². The Balaban J connectivity index is 4.93. The van der Waals surface area contributed by atoms with Gasteiger partial charge in [-0.05, 0) is 39.8 Å². The number of carbonyl (C=O) groups excluding carboxylic acids is 2. The zero-order valence-electron chi connectivity index (χ0n) is 11.9. The van der Waals surface area contributed by atoms with E-state index < -0.39 is 23.2 Å². The molecular formula is C13H20N2O4. The Labute approximate surface area is 113 Å². The third-order valence-corrected chi connectivity index (χ3v) is 2.02. The van der Waals surface area contributed by atoms with Crippen molar-refractivity contribution in [3.63, 3.8) is 0 Å². The summed E-state index contributed by atoms with van der Waals surface area (Å²) in [7, 11) is 1.22. The predicted molar refractivity (Wildman–Crippen MR) is 70.4 cm³/mol. The number of carbonyl (C=O) groups is 2. The van der Waals surface area contributed by atoms with Crippen molar-refractivity contribution in [2.45, 2.75) is 38.8 Å². The molecule has 6 heteroatoms. The third-order valence-electron chi connectivity index (χ3n) is 2.02. The van der Waals surface area contributed by atoms with Gasteiger partial charge in [0.1, 0.15) is 5.60 Å². The summed E-state index contributed by atoms with van der Waals surface area (Å²) in [6.07, 6.45) is 2.18. The topological polar surface area (TPSA) is 69.0 Å². The van der Waals surface area contributed by atoms with E-state index in [1.165, 1.54) is 26.2 Å². The SMILES string of the molecule is [C-]#[N+]C/C=C\[C@@](C)(NC(=O)OC(C)(C)C)C(=O)OC. The van der Waals surface area contributed by atoms with Gasteiger partial charge in [0, 0.05) is 0 Å². The molecule has 0 aromatic carbocycles. The smallest absolute Gasteiger partial charge is 0.408 e. The minimum absolute atomic E-state index is 0.114. The summed E-state index contributed by atoms with van der Waals surface area (Å²) in [5.74, 6) is -0.639. The Kier molecular flexibility index (Phi) is 6.06. The van der Waals surface area contributed by atoms with Crippen LogP contribution in [0.3, 0.4) is 0 Å². The fraction of sp³-hybridized carbons (Fsp3) is 0.615. The normalized spacial score (nSPS) is 14.3. The van der Waals surface area contributed by atoms with E-state index in [9.17, 15) is 9.59 Å². The zero-order valence-corrected chi connectivity index (χ0v) is 11.9. The molecule has 1 amide bonds. The number of ether oxygens (including phenoxy) is 2. The minimum atomic E-state index is -1.36. The van der Waals surface area contributed by atoms with E-state index in [4.69, 9.17) is 11.3 Å². The first-order chi connectivity index (χ1) is 8.64. The van der Waals surface area contributed by atoms with Gasteiger partial charge in [0.15, 0.2) is 5.54 Å². The van der Waals surface area contributed by atoms with Crippen molar-refractivity contribution in [3.8, 4) is 0 Å². The Bertz CT molecular complexity index is 404. The summed E-state index contributed by atoms with van der Waals surface area (Å²) in [6, 6.07) is 0. The number of nitrogens with one attached hydrogen (secondary N) is 1. The molecule has 0 spiro atoms. The Morgan fingerprint density at radius 1 is 1.32 bits per heavy atom. The van der Waals surface area contributed by atoms with Crippen molar-refractivity contribution in [2.24, 2.45) is 0 Å². The van der Waals surface area contributed by atoms with Crippen LogP contribution in [0.4, 0.5) is 4.79 Å². The quantitative estimate of drug-likeness (QED) is 0.480. The number of alkyl carbamates (subject to hydrolysis) is 1. The van der Waals surface area contributed by atoms with Gasteiger partial charge >= 0.3 is 12.1 Å². The van der Waals surface area contributed by atoms with E-state index in [1.54, 1.807) is 20.8 Å². The van der Waals surface area contributed by atoms with Gasteiger partial charge in [0.2, 0.25) is 6.54 Å². The summed E-state index contributed by atoms with van der Waals surface area (Å²) in [5.41, 5.74) is -2.02. The number of rotatable bonds is 4. The second-order valence-electron chi connectivity index (χ2n) is 5.06. The third kappa shape index (κ3) is 6.46. The number of hydrogen-bond donors (Lipinski definition) is 1. The van der Waals surface area contributed by atoms with Gasteiger partial charge in [-0.25, -0.2) is 16.2 Å². The van der Waals surface area contributed by atoms with E-state index >= 15 is 0 Å². The molecule has 0 bridgehead atoms. The first-order valence-corrected chi connectivity index (χ1v) is 5.75. The lowest BCUT2D eigenvalue weighted by Gasteiger charge is -2.27. The molecule has 6 nitrogen and oxygen atoms in total. The van der Waals surface area contributed by atoms with Crippen molar-refractivity contribution in [3.05, 3.63) is 23.6 Å². The van der Waals surface area contributed by atoms with Crippen LogP contribution in [0.5, 0.6) is 0 Å². The van der Waals surface area contributed by atoms with Crippen LogP contribution >= 0.6 is 0 Å². The summed E-state index contributed by atoms with van der Waals surface area (Å²) >= 11 is 0. The lowest BCUT2D eigenvalue weighted by Crippen LogP contribution is -2.52. The van der Waals surface area contributed by atoms with Gasteiger partial charge in [-0.15, -0.1) is 0 Å². The second kappa shape index (κ2) is 6.78. The van der Waals surface area contributed by atoms with E-state index in [1.807, 2.05) is 0 Å². The monoisotopic (exact) mass is 268 g/mol. The first-order valence-electron chi connectivity index (χ1n) is 5.75. The standard InChI is InChI=1S/C13H20N2O4/c1-12(2,3)19-11(17)15-13(4,10(16)18-6)8-7-9-14-5/h7-8H,9H2,1-4,6H3,(H,15,17)/b8-7-/t13-/m1/s1. The molecule has 0 fully saturated rings. The molecule has 0 aliphatic carbocycles. The van der Waals surface area contributed by atoms with Gasteiger partial charge in [-0.2, -0.15) is 0 Å². The molecule has 19 heavy (non-hydrogen) atoms. The maximum absolute atomic E-state index is 11.7. The minimum Gasteiger partial charge on any atom is -0.467 e. The molecule has 0 aliphatic rings. The number of methoxy groups -OCH3 is 1. The predicted octanol–water partition coefficient (Wildman–Crippen LogP) is 1.92. The van der Waals surface area contributed by atoms with Gasteiger partial charge in [-0.1, -0.05) is 0 Å². The van der Waals surface area contributed by atoms with E-state index in [-0.39, 0.29) is 6.54 Å². The number of esters is 1. The molecule has 0 rings (SSSR count). The van der Waals surface area contributed by atoms with E-state index in [0.717, 1.165) is 0 Å². The highest BCUT2D eigenvalue weighted by Gasteiger charge is 2.35. The summed E-state index contributed by atoms with van der Waals surface area (Å²) in [4.78, 5) is 26.5. The van der Waals surface area contributed by atoms with Crippen LogP contribution in [-0.2, 0) is 14.3 Å². The average Bonchev–Trinajstić information content (AvgIpc) is 2.25. The molecule has 106 valence electrons. The van der Waals surface area contributed by atoms with Crippen LogP contribution in [0, 0.1) is 6.57 Å². The average molecular weight is 268 g/mol. The molecule has 0 saturated heterocycles. The van der Waals surface area contributed by atoms with Crippen LogP contribution in [0.2, 0.25) is 0 Å². The molecular weight excluding hydrogens is 248 g/mol. The molecule has 1 atom stereocenters. The number of amides is 1. The number of nitrogens with zero attached hydrogens (tertiary/aromatic N) is 1. The maximum Gasteiger partial charge on any atom is 0.408 e. The van der Waals surface area contributed by atoms with Gasteiger partial charge in [-0.3, -0.25) is 0 Å². The lowest BCUT2D eigenvalue weighted by atomic mass is 10.0. The van der Waals surface area contributed by atoms with Crippen LogP contribution in [0.1, 0.15) is 27.7 Å². The highest BCUT2D eigenvalue weighted by molar-refractivity contribution is 5.87. The lowest BCUT2D eigenvalue weighted by molar-refractivity contribution is -0.145. The second-order valence-corrected chi connectivity index (χ2v) is 5.06. The summed E-state index contributed by atoms with van der Waals surface area (Å²) in [6.45, 7) is 13.4. The molecule has 0 radical (unpaired) electrons. The fourth-order valence-corrected chi connectivity index (χ4v) is 1.23. The summed E-state index contributed by atoms with van der Waals surface area (Å²) < 4.78 is 9.72. The number of hydrogen-bond acceptors (Lipinski definition) is 4. The maximum atomic E-state index is 11.7. The van der Waals surface area contributed by atoms with E-state index in [2.05, 4.69) is 14.9 Å². The van der Waals surface area contributed by atoms with Crippen LogP contribution in [0.25, 0.3) is 4.85 Å².